The Morgan fingerprint density at radius 1 is 1.14 bits per heavy atom. The van der Waals surface area contributed by atoms with Crippen LogP contribution in [0.2, 0.25) is 0 Å². The van der Waals surface area contributed by atoms with E-state index < -0.39 is 5.91 Å². The molecule has 1 fully saturated rings. The minimum Gasteiger partial charge on any atom is -0.364 e. The van der Waals surface area contributed by atoms with Gasteiger partial charge >= 0.3 is 0 Å². The Labute approximate surface area is 123 Å². The fraction of sp³-hybridized carbons (Fsp3) is 0.667. The maximum atomic E-state index is 11.6. The maximum absolute atomic E-state index is 11.6. The largest absolute Gasteiger partial charge is 0.364 e. The van der Waals surface area contributed by atoms with Crippen LogP contribution in [0.3, 0.4) is 0 Å². The second kappa shape index (κ2) is 4.58. The number of aromatic nitrogens is 3. The molecule has 0 radical (unpaired) electrons. The number of hydrogen-bond donors (Lipinski definition) is 2. The van der Waals surface area contributed by atoms with E-state index >= 15 is 0 Å². The number of amides is 1. The fourth-order valence-corrected chi connectivity index (χ4v) is 4.34. The van der Waals surface area contributed by atoms with E-state index in [2.05, 4.69) is 15.6 Å². The minimum atomic E-state index is -0.505. The van der Waals surface area contributed by atoms with E-state index in [0.29, 0.717) is 5.82 Å². The van der Waals surface area contributed by atoms with Gasteiger partial charge in [0.15, 0.2) is 11.5 Å². The normalized spacial score (nSPS) is 23.4. The molecule has 1 amide bonds. The molecule has 3 aliphatic rings. The van der Waals surface area contributed by atoms with Gasteiger partial charge < -0.3 is 11.1 Å². The molecule has 0 unspecified atom stereocenters. The van der Waals surface area contributed by atoms with Gasteiger partial charge in [-0.3, -0.25) is 4.79 Å². The third kappa shape index (κ3) is 1.74. The summed E-state index contributed by atoms with van der Waals surface area (Å²) in [5.41, 5.74) is 8.47. The number of nitrogens with one attached hydrogen (secondary N) is 1. The SMILES string of the molecule is NC(=O)c1nnn2c1NC1=C(CCCC1)C21CCCCC1. The highest BCUT2D eigenvalue weighted by molar-refractivity contribution is 5.96. The van der Waals surface area contributed by atoms with Crippen LogP contribution < -0.4 is 11.1 Å². The van der Waals surface area contributed by atoms with Gasteiger partial charge in [-0.2, -0.15) is 0 Å². The van der Waals surface area contributed by atoms with Crippen LogP contribution in [0.15, 0.2) is 11.3 Å². The molecule has 0 saturated heterocycles. The van der Waals surface area contributed by atoms with E-state index in [1.54, 1.807) is 0 Å². The number of primary amides is 1. The van der Waals surface area contributed by atoms with Gasteiger partial charge in [-0.25, -0.2) is 4.68 Å². The van der Waals surface area contributed by atoms with Crippen LogP contribution in [-0.2, 0) is 5.54 Å². The molecule has 1 aromatic rings. The molecule has 6 nitrogen and oxygen atoms in total. The molecule has 0 atom stereocenters. The van der Waals surface area contributed by atoms with Gasteiger partial charge in [0.25, 0.3) is 5.91 Å². The average Bonchev–Trinajstić information content (AvgIpc) is 2.93. The van der Waals surface area contributed by atoms with Crippen molar-refractivity contribution in [3.05, 3.63) is 17.0 Å². The lowest BCUT2D eigenvalue weighted by atomic mass is 9.71. The molecule has 6 heteroatoms. The predicted octanol–water partition coefficient (Wildman–Crippen LogP) is 2.29. The number of rotatable bonds is 1. The zero-order valence-corrected chi connectivity index (χ0v) is 12.2. The molecule has 2 aliphatic carbocycles. The van der Waals surface area contributed by atoms with Crippen LogP contribution in [0.1, 0.15) is 68.3 Å². The smallest absolute Gasteiger partial charge is 0.273 e. The van der Waals surface area contributed by atoms with Crippen LogP contribution in [-0.4, -0.2) is 20.9 Å². The third-order valence-corrected chi connectivity index (χ3v) is 5.29. The van der Waals surface area contributed by atoms with E-state index in [0.717, 1.165) is 25.7 Å². The molecule has 21 heavy (non-hydrogen) atoms. The second-order valence-electron chi connectivity index (χ2n) is 6.44. The van der Waals surface area contributed by atoms with Gasteiger partial charge in [0, 0.05) is 5.70 Å². The lowest BCUT2D eigenvalue weighted by molar-refractivity contribution is 0.0996. The summed E-state index contributed by atoms with van der Waals surface area (Å²) in [6.07, 6.45) is 10.5. The van der Waals surface area contributed by atoms with E-state index in [1.165, 1.54) is 43.4 Å². The van der Waals surface area contributed by atoms with Crippen molar-refractivity contribution in [3.63, 3.8) is 0 Å². The van der Waals surface area contributed by atoms with Crippen molar-refractivity contribution < 1.29 is 4.79 Å². The molecule has 0 bridgehead atoms. The first-order valence-electron chi connectivity index (χ1n) is 7.98. The number of carbonyl (C=O) groups excluding carboxylic acids is 1. The topological polar surface area (TPSA) is 85.8 Å². The Bertz CT molecular complexity index is 624. The van der Waals surface area contributed by atoms with Gasteiger partial charge in [0.1, 0.15) is 0 Å². The van der Waals surface area contributed by atoms with Crippen molar-refractivity contribution >= 4 is 11.7 Å². The van der Waals surface area contributed by atoms with Crippen molar-refractivity contribution in [2.45, 2.75) is 63.3 Å². The number of hydrogen-bond acceptors (Lipinski definition) is 4. The van der Waals surface area contributed by atoms with E-state index in [-0.39, 0.29) is 11.2 Å². The van der Waals surface area contributed by atoms with Crippen LogP contribution in [0.5, 0.6) is 0 Å². The van der Waals surface area contributed by atoms with Crippen molar-refractivity contribution in [2.24, 2.45) is 5.73 Å². The second-order valence-corrected chi connectivity index (χ2v) is 6.44. The molecule has 3 N–H and O–H groups in total. The molecule has 1 spiro atoms. The van der Waals surface area contributed by atoms with E-state index in [4.69, 9.17) is 5.73 Å². The van der Waals surface area contributed by atoms with Crippen LogP contribution >= 0.6 is 0 Å². The summed E-state index contributed by atoms with van der Waals surface area (Å²) >= 11 is 0. The summed E-state index contributed by atoms with van der Waals surface area (Å²) in [4.78, 5) is 11.6. The Morgan fingerprint density at radius 3 is 2.67 bits per heavy atom. The number of fused-ring (bicyclic) bond motifs is 3. The Balaban J connectivity index is 1.90. The summed E-state index contributed by atoms with van der Waals surface area (Å²) in [6, 6.07) is 0. The van der Waals surface area contributed by atoms with E-state index in [9.17, 15) is 4.79 Å². The molecule has 1 aliphatic heterocycles. The Morgan fingerprint density at radius 2 is 1.90 bits per heavy atom. The fourth-order valence-electron chi connectivity index (χ4n) is 4.34. The molecular formula is C15H21N5O. The van der Waals surface area contributed by atoms with Gasteiger partial charge in [-0.1, -0.05) is 24.5 Å². The number of nitrogens with two attached hydrogens (primary N) is 1. The number of carbonyl (C=O) groups is 1. The zero-order chi connectivity index (χ0) is 14.4. The highest BCUT2D eigenvalue weighted by atomic mass is 16.1. The van der Waals surface area contributed by atoms with Gasteiger partial charge in [-0.05, 0) is 44.1 Å². The van der Waals surface area contributed by atoms with Gasteiger partial charge in [0.05, 0.1) is 5.54 Å². The maximum Gasteiger partial charge on any atom is 0.273 e. The third-order valence-electron chi connectivity index (χ3n) is 5.29. The number of anilines is 1. The highest BCUT2D eigenvalue weighted by Gasteiger charge is 2.45. The summed E-state index contributed by atoms with van der Waals surface area (Å²) in [5.74, 6) is 0.208. The molecular weight excluding hydrogens is 266 g/mol. The predicted molar refractivity (Wildman–Crippen MR) is 78.7 cm³/mol. The minimum absolute atomic E-state index is 0.0602. The first-order valence-corrected chi connectivity index (χ1v) is 7.98. The first-order chi connectivity index (χ1) is 10.2. The van der Waals surface area contributed by atoms with Crippen molar-refractivity contribution in [2.75, 3.05) is 5.32 Å². The molecule has 2 heterocycles. The highest BCUT2D eigenvalue weighted by Crippen LogP contribution is 2.50. The standard InChI is InChI=1S/C15H21N5O/c16-13(21)12-14-17-11-7-3-2-6-10(11)15(20(14)19-18-12)8-4-1-5-9-15/h17H,1-9H2,(H2,16,21). The molecule has 1 saturated carbocycles. The van der Waals surface area contributed by atoms with Crippen molar-refractivity contribution in [3.8, 4) is 0 Å². The summed E-state index contributed by atoms with van der Waals surface area (Å²) in [6.45, 7) is 0. The van der Waals surface area contributed by atoms with E-state index in [1.807, 2.05) is 4.68 Å². The monoisotopic (exact) mass is 287 g/mol. The summed E-state index contributed by atoms with van der Waals surface area (Å²) in [7, 11) is 0. The van der Waals surface area contributed by atoms with Crippen LogP contribution in [0, 0.1) is 0 Å². The lowest BCUT2D eigenvalue weighted by Gasteiger charge is -2.45. The summed E-state index contributed by atoms with van der Waals surface area (Å²) in [5, 5.41) is 11.8. The van der Waals surface area contributed by atoms with Crippen molar-refractivity contribution in [1.29, 1.82) is 0 Å². The van der Waals surface area contributed by atoms with Gasteiger partial charge in [0.2, 0.25) is 0 Å². The Kier molecular flexibility index (Phi) is 2.80. The summed E-state index contributed by atoms with van der Waals surface area (Å²) < 4.78 is 1.97. The molecule has 112 valence electrons. The average molecular weight is 287 g/mol. The first kappa shape index (κ1) is 12.9. The zero-order valence-electron chi connectivity index (χ0n) is 12.2. The van der Waals surface area contributed by atoms with Crippen molar-refractivity contribution in [1.82, 2.24) is 15.0 Å². The van der Waals surface area contributed by atoms with Gasteiger partial charge in [-0.15, -0.1) is 5.10 Å². The molecule has 4 rings (SSSR count). The lowest BCUT2D eigenvalue weighted by Crippen LogP contribution is -2.44. The number of nitrogens with zero attached hydrogens (tertiary/aromatic N) is 3. The quantitative estimate of drug-likeness (QED) is 0.829. The Hall–Kier alpha value is -1.85. The van der Waals surface area contributed by atoms with Crippen LogP contribution in [0.4, 0.5) is 5.82 Å². The molecule has 0 aromatic carbocycles. The van der Waals surface area contributed by atoms with Crippen LogP contribution in [0.25, 0.3) is 0 Å². The molecule has 1 aromatic heterocycles. The number of allylic oxidation sites excluding steroid dienone is 2.